The first-order valence-corrected chi connectivity index (χ1v) is 7.27. The molecule has 0 saturated carbocycles. The van der Waals surface area contributed by atoms with Crippen molar-refractivity contribution in [1.29, 1.82) is 0 Å². The minimum atomic E-state index is -0.994. The Hall–Kier alpha value is -3.15. The predicted molar refractivity (Wildman–Crippen MR) is 87.9 cm³/mol. The number of H-pyrrole nitrogens is 1. The lowest BCUT2D eigenvalue weighted by molar-refractivity contribution is 0.0691. The normalized spacial score (nSPS) is 10.5. The fourth-order valence-corrected chi connectivity index (χ4v) is 2.28. The van der Waals surface area contributed by atoms with Crippen LogP contribution < -0.4 is 5.32 Å². The number of aromatic nitrogens is 3. The second-order valence-electron chi connectivity index (χ2n) is 5.02. The molecule has 0 amide bonds. The topological polar surface area (TPSA) is 90.9 Å². The molecule has 0 aliphatic rings. The summed E-state index contributed by atoms with van der Waals surface area (Å²) in [5, 5.41) is 12.2. The van der Waals surface area contributed by atoms with E-state index in [1.807, 2.05) is 37.3 Å². The van der Waals surface area contributed by atoms with Crippen molar-refractivity contribution in [2.45, 2.75) is 13.3 Å². The number of aryl methyl sites for hydroxylation is 1. The fraction of sp³-hybridized carbons (Fsp3) is 0.118. The smallest absolute Gasteiger partial charge is 0.352 e. The van der Waals surface area contributed by atoms with E-state index >= 15 is 0 Å². The van der Waals surface area contributed by atoms with Crippen LogP contribution >= 0.6 is 0 Å². The van der Waals surface area contributed by atoms with Crippen molar-refractivity contribution in [3.63, 3.8) is 0 Å². The number of hydrogen-bond acceptors (Lipinski definition) is 4. The molecular weight excluding hydrogens is 292 g/mol. The molecule has 23 heavy (non-hydrogen) atoms. The van der Waals surface area contributed by atoms with Gasteiger partial charge in [0.15, 0.2) is 0 Å². The fourth-order valence-electron chi connectivity index (χ4n) is 2.28. The summed E-state index contributed by atoms with van der Waals surface area (Å²) in [4.78, 5) is 22.6. The molecule has 2 aromatic heterocycles. The van der Waals surface area contributed by atoms with Gasteiger partial charge in [0.2, 0.25) is 5.95 Å². The molecule has 0 spiro atoms. The molecule has 6 heteroatoms. The Morgan fingerprint density at radius 1 is 1.30 bits per heavy atom. The number of hydrogen-bond donors (Lipinski definition) is 3. The van der Waals surface area contributed by atoms with Crippen molar-refractivity contribution in [2.24, 2.45) is 0 Å². The molecule has 1 aromatic carbocycles. The van der Waals surface area contributed by atoms with E-state index in [1.54, 1.807) is 18.5 Å². The molecule has 3 aromatic rings. The number of nitrogens with one attached hydrogen (secondary N) is 2. The van der Waals surface area contributed by atoms with E-state index in [-0.39, 0.29) is 5.69 Å². The molecule has 116 valence electrons. The Morgan fingerprint density at radius 2 is 2.09 bits per heavy atom. The molecule has 3 rings (SSSR count). The summed E-state index contributed by atoms with van der Waals surface area (Å²) in [6.07, 6.45) is 4.17. The first-order chi connectivity index (χ1) is 11.2. The highest BCUT2D eigenvalue weighted by atomic mass is 16.4. The van der Waals surface area contributed by atoms with E-state index < -0.39 is 5.97 Å². The molecule has 0 radical (unpaired) electrons. The first-order valence-electron chi connectivity index (χ1n) is 7.27. The molecule has 0 atom stereocenters. The van der Waals surface area contributed by atoms with E-state index in [1.165, 1.54) is 0 Å². The van der Waals surface area contributed by atoms with Crippen molar-refractivity contribution in [1.82, 2.24) is 15.0 Å². The van der Waals surface area contributed by atoms with Gasteiger partial charge in [-0.15, -0.1) is 0 Å². The number of aromatic carboxylic acids is 1. The third-order valence-electron chi connectivity index (χ3n) is 3.46. The van der Waals surface area contributed by atoms with Crippen molar-refractivity contribution >= 4 is 17.6 Å². The van der Waals surface area contributed by atoms with Crippen molar-refractivity contribution in [3.8, 4) is 11.3 Å². The Labute approximate surface area is 133 Å². The van der Waals surface area contributed by atoms with Crippen LogP contribution in [0.5, 0.6) is 0 Å². The number of nitrogens with zero attached hydrogens (tertiary/aromatic N) is 2. The number of benzene rings is 1. The SMILES string of the molecule is CCc1cnc(Nc2ccccc2)nc1-c1c[nH]c(C(=O)O)c1. The summed E-state index contributed by atoms with van der Waals surface area (Å²) < 4.78 is 0. The molecule has 0 aliphatic carbocycles. The van der Waals surface area contributed by atoms with E-state index in [9.17, 15) is 4.79 Å². The largest absolute Gasteiger partial charge is 0.477 e. The molecule has 0 fully saturated rings. The van der Waals surface area contributed by atoms with Gasteiger partial charge in [-0.1, -0.05) is 25.1 Å². The standard InChI is InChI=1S/C17H16N4O2/c1-2-11-9-19-17(20-13-6-4-3-5-7-13)21-15(11)12-8-14(16(22)23)18-10-12/h3-10,18H,2H2,1H3,(H,22,23)(H,19,20,21). The van der Waals surface area contributed by atoms with Crippen LogP contribution in [0.1, 0.15) is 23.0 Å². The average molecular weight is 308 g/mol. The van der Waals surface area contributed by atoms with Crippen LogP contribution in [0.25, 0.3) is 11.3 Å². The van der Waals surface area contributed by atoms with Gasteiger partial charge in [0.1, 0.15) is 5.69 Å². The number of rotatable bonds is 5. The van der Waals surface area contributed by atoms with Gasteiger partial charge in [-0.05, 0) is 30.2 Å². The van der Waals surface area contributed by atoms with Crippen LogP contribution in [-0.2, 0) is 6.42 Å². The van der Waals surface area contributed by atoms with Gasteiger partial charge in [0, 0.05) is 23.6 Å². The Bertz CT molecular complexity index is 828. The van der Waals surface area contributed by atoms with Crippen LogP contribution in [0.15, 0.2) is 48.8 Å². The minimum Gasteiger partial charge on any atom is -0.477 e. The second kappa shape index (κ2) is 6.31. The Kier molecular flexibility index (Phi) is 4.05. The summed E-state index contributed by atoms with van der Waals surface area (Å²) in [5.74, 6) is -0.521. The highest BCUT2D eigenvalue weighted by Crippen LogP contribution is 2.24. The van der Waals surface area contributed by atoms with Crippen LogP contribution in [0.3, 0.4) is 0 Å². The average Bonchev–Trinajstić information content (AvgIpc) is 3.06. The minimum absolute atomic E-state index is 0.137. The lowest BCUT2D eigenvalue weighted by Gasteiger charge is -2.09. The quantitative estimate of drug-likeness (QED) is 0.671. The highest BCUT2D eigenvalue weighted by Gasteiger charge is 2.13. The van der Waals surface area contributed by atoms with Crippen LogP contribution in [-0.4, -0.2) is 26.0 Å². The number of carboxylic acid groups (broad SMARTS) is 1. The summed E-state index contributed by atoms with van der Waals surface area (Å²) >= 11 is 0. The van der Waals surface area contributed by atoms with Gasteiger partial charge in [-0.25, -0.2) is 14.8 Å². The van der Waals surface area contributed by atoms with Crippen LogP contribution in [0, 0.1) is 0 Å². The summed E-state index contributed by atoms with van der Waals surface area (Å²) in [6.45, 7) is 2.01. The number of anilines is 2. The maximum atomic E-state index is 11.0. The van der Waals surface area contributed by atoms with Gasteiger partial charge in [-0.3, -0.25) is 0 Å². The Balaban J connectivity index is 1.97. The molecule has 0 saturated heterocycles. The highest BCUT2D eigenvalue weighted by molar-refractivity contribution is 5.87. The number of para-hydroxylation sites is 1. The summed E-state index contributed by atoms with van der Waals surface area (Å²) in [7, 11) is 0. The van der Waals surface area contributed by atoms with E-state index in [4.69, 9.17) is 5.11 Å². The molecule has 0 unspecified atom stereocenters. The maximum Gasteiger partial charge on any atom is 0.352 e. The van der Waals surface area contributed by atoms with Crippen molar-refractivity contribution in [3.05, 3.63) is 60.0 Å². The lowest BCUT2D eigenvalue weighted by atomic mass is 10.1. The van der Waals surface area contributed by atoms with Gasteiger partial charge >= 0.3 is 5.97 Å². The van der Waals surface area contributed by atoms with Crippen LogP contribution in [0.4, 0.5) is 11.6 Å². The molecule has 0 aliphatic heterocycles. The third-order valence-corrected chi connectivity index (χ3v) is 3.46. The van der Waals surface area contributed by atoms with Gasteiger partial charge in [0.05, 0.1) is 5.69 Å². The molecule has 2 heterocycles. The van der Waals surface area contributed by atoms with Gasteiger partial charge in [0.25, 0.3) is 0 Å². The first kappa shape index (κ1) is 14.8. The number of carbonyl (C=O) groups is 1. The van der Waals surface area contributed by atoms with Crippen molar-refractivity contribution in [2.75, 3.05) is 5.32 Å². The van der Waals surface area contributed by atoms with E-state index in [2.05, 4.69) is 20.3 Å². The maximum absolute atomic E-state index is 11.0. The van der Waals surface area contributed by atoms with Crippen LogP contribution in [0.2, 0.25) is 0 Å². The molecule has 0 bridgehead atoms. The van der Waals surface area contributed by atoms with Crippen molar-refractivity contribution < 1.29 is 9.90 Å². The number of aromatic amines is 1. The van der Waals surface area contributed by atoms with E-state index in [0.29, 0.717) is 5.95 Å². The molecule has 6 nitrogen and oxygen atoms in total. The zero-order valence-electron chi connectivity index (χ0n) is 12.6. The third kappa shape index (κ3) is 3.21. The van der Waals surface area contributed by atoms with Gasteiger partial charge < -0.3 is 15.4 Å². The Morgan fingerprint density at radius 3 is 2.74 bits per heavy atom. The summed E-state index contributed by atoms with van der Waals surface area (Å²) in [6, 6.07) is 11.2. The second-order valence-corrected chi connectivity index (χ2v) is 5.02. The zero-order valence-corrected chi connectivity index (χ0v) is 12.6. The van der Waals surface area contributed by atoms with Gasteiger partial charge in [-0.2, -0.15) is 0 Å². The molecular formula is C17H16N4O2. The lowest BCUT2D eigenvalue weighted by Crippen LogP contribution is -2.01. The van der Waals surface area contributed by atoms with E-state index in [0.717, 1.165) is 28.9 Å². The zero-order chi connectivity index (χ0) is 16.2. The monoisotopic (exact) mass is 308 g/mol. The summed E-state index contributed by atoms with van der Waals surface area (Å²) in [5.41, 5.74) is 3.45. The molecule has 3 N–H and O–H groups in total. The predicted octanol–water partition coefficient (Wildman–Crippen LogP) is 3.48. The number of carboxylic acids is 1.